The van der Waals surface area contributed by atoms with Crippen molar-refractivity contribution in [3.63, 3.8) is 0 Å². The third-order valence-electron chi connectivity index (χ3n) is 3.63. The molecule has 2 amide bonds. The summed E-state index contributed by atoms with van der Waals surface area (Å²) in [7, 11) is -3.73. The van der Waals surface area contributed by atoms with Crippen molar-refractivity contribution in [3.8, 4) is 0 Å². The first-order valence-electron chi connectivity index (χ1n) is 7.10. The molecule has 0 radical (unpaired) electrons. The summed E-state index contributed by atoms with van der Waals surface area (Å²) in [5.74, 6) is -0.831. The van der Waals surface area contributed by atoms with Gasteiger partial charge in [-0.3, -0.25) is 14.5 Å². The molecule has 1 heterocycles. The van der Waals surface area contributed by atoms with Crippen molar-refractivity contribution in [2.24, 2.45) is 0 Å². The molecule has 0 aromatic heterocycles. The van der Waals surface area contributed by atoms with Crippen molar-refractivity contribution in [1.29, 1.82) is 0 Å². The minimum Gasteiger partial charge on any atom is -0.273 e. The standard InChI is InChI=1S/C16H13ClN2O4S/c17-11-5-7-12(8-6-11)24(22,23)18-9-10-19-15(20)13-3-1-2-4-14(13)16(19)21/h1-8,18H,9-10H2. The molecule has 0 atom stereocenters. The van der Waals surface area contributed by atoms with Crippen LogP contribution in [-0.4, -0.2) is 38.2 Å². The van der Waals surface area contributed by atoms with E-state index in [1.165, 1.54) is 24.3 Å². The first-order chi connectivity index (χ1) is 11.4. The van der Waals surface area contributed by atoms with Gasteiger partial charge in [0.2, 0.25) is 10.0 Å². The highest BCUT2D eigenvalue weighted by molar-refractivity contribution is 7.89. The normalized spacial score (nSPS) is 14.1. The van der Waals surface area contributed by atoms with Gasteiger partial charge in [0.1, 0.15) is 0 Å². The van der Waals surface area contributed by atoms with E-state index in [0.29, 0.717) is 16.1 Å². The van der Waals surface area contributed by atoms with Crippen LogP contribution in [0.5, 0.6) is 0 Å². The van der Waals surface area contributed by atoms with Gasteiger partial charge in [-0.2, -0.15) is 0 Å². The van der Waals surface area contributed by atoms with Crippen LogP contribution in [0.1, 0.15) is 20.7 Å². The molecule has 124 valence electrons. The van der Waals surface area contributed by atoms with Crippen LogP contribution in [0.2, 0.25) is 5.02 Å². The van der Waals surface area contributed by atoms with Gasteiger partial charge in [0.15, 0.2) is 0 Å². The number of sulfonamides is 1. The lowest BCUT2D eigenvalue weighted by atomic mass is 10.1. The molecule has 2 aromatic rings. The highest BCUT2D eigenvalue weighted by Crippen LogP contribution is 2.22. The molecule has 8 heteroatoms. The molecule has 2 aromatic carbocycles. The number of rotatable bonds is 5. The summed E-state index contributed by atoms with van der Waals surface area (Å²) < 4.78 is 26.7. The van der Waals surface area contributed by atoms with E-state index in [9.17, 15) is 18.0 Å². The fraction of sp³-hybridized carbons (Fsp3) is 0.125. The molecule has 24 heavy (non-hydrogen) atoms. The number of benzene rings is 2. The smallest absolute Gasteiger partial charge is 0.261 e. The number of imide groups is 1. The Labute approximate surface area is 144 Å². The second kappa shape index (κ2) is 6.35. The zero-order valence-corrected chi connectivity index (χ0v) is 14.0. The van der Waals surface area contributed by atoms with Crippen LogP contribution in [0.4, 0.5) is 0 Å². The van der Waals surface area contributed by atoms with Crippen LogP contribution < -0.4 is 4.72 Å². The van der Waals surface area contributed by atoms with Gasteiger partial charge >= 0.3 is 0 Å². The Morgan fingerprint density at radius 1 is 0.917 bits per heavy atom. The molecular weight excluding hydrogens is 352 g/mol. The molecular formula is C16H13ClN2O4S. The molecule has 0 bridgehead atoms. The predicted molar refractivity (Wildman–Crippen MR) is 88.4 cm³/mol. The summed E-state index contributed by atoms with van der Waals surface area (Å²) in [5.41, 5.74) is 0.672. The van der Waals surface area contributed by atoms with Crippen molar-refractivity contribution >= 4 is 33.4 Å². The summed E-state index contributed by atoms with van der Waals surface area (Å²) in [5, 5.41) is 0.431. The predicted octanol–water partition coefficient (Wildman–Crippen LogP) is 1.91. The lowest BCUT2D eigenvalue weighted by Gasteiger charge is -2.14. The molecule has 6 nitrogen and oxygen atoms in total. The van der Waals surface area contributed by atoms with Crippen molar-refractivity contribution < 1.29 is 18.0 Å². The van der Waals surface area contributed by atoms with Crippen LogP contribution in [0.25, 0.3) is 0 Å². The number of hydrogen-bond donors (Lipinski definition) is 1. The molecule has 1 aliphatic heterocycles. The van der Waals surface area contributed by atoms with Gasteiger partial charge in [0.25, 0.3) is 11.8 Å². The number of amides is 2. The van der Waals surface area contributed by atoms with E-state index >= 15 is 0 Å². The zero-order chi connectivity index (χ0) is 17.3. The molecule has 0 spiro atoms. The quantitative estimate of drug-likeness (QED) is 0.821. The summed E-state index contributed by atoms with van der Waals surface area (Å²) in [6.07, 6.45) is 0. The Hall–Kier alpha value is -2.22. The summed E-state index contributed by atoms with van der Waals surface area (Å²) >= 11 is 5.73. The highest BCUT2D eigenvalue weighted by Gasteiger charge is 2.34. The fourth-order valence-corrected chi connectivity index (χ4v) is 3.58. The second-order valence-corrected chi connectivity index (χ2v) is 7.36. The molecule has 0 aliphatic carbocycles. The number of nitrogens with zero attached hydrogens (tertiary/aromatic N) is 1. The maximum atomic E-state index is 12.2. The summed E-state index contributed by atoms with van der Waals surface area (Å²) in [4.78, 5) is 25.5. The lowest BCUT2D eigenvalue weighted by molar-refractivity contribution is 0.0657. The second-order valence-electron chi connectivity index (χ2n) is 5.16. The molecule has 1 N–H and O–H groups in total. The van der Waals surface area contributed by atoms with Crippen LogP contribution >= 0.6 is 11.6 Å². The van der Waals surface area contributed by atoms with Crippen molar-refractivity contribution in [2.45, 2.75) is 4.90 Å². The van der Waals surface area contributed by atoms with Crippen LogP contribution in [0, 0.1) is 0 Å². The van der Waals surface area contributed by atoms with E-state index in [-0.39, 0.29) is 18.0 Å². The molecule has 0 fully saturated rings. The molecule has 3 rings (SSSR count). The Balaban J connectivity index is 1.66. The number of halogens is 1. The zero-order valence-electron chi connectivity index (χ0n) is 12.4. The number of carbonyl (C=O) groups excluding carboxylic acids is 2. The van der Waals surface area contributed by atoms with E-state index in [0.717, 1.165) is 4.90 Å². The number of carbonyl (C=O) groups is 2. The number of hydrogen-bond acceptors (Lipinski definition) is 4. The van der Waals surface area contributed by atoms with Crippen LogP contribution in [-0.2, 0) is 10.0 Å². The summed E-state index contributed by atoms with van der Waals surface area (Å²) in [6, 6.07) is 12.2. The summed E-state index contributed by atoms with van der Waals surface area (Å²) in [6.45, 7) is -0.115. The van der Waals surface area contributed by atoms with Crippen molar-refractivity contribution in [2.75, 3.05) is 13.1 Å². The minimum absolute atomic E-state index is 0.0425. The average Bonchev–Trinajstić information content (AvgIpc) is 2.80. The van der Waals surface area contributed by atoms with Crippen molar-refractivity contribution in [3.05, 3.63) is 64.7 Å². The number of fused-ring (bicyclic) bond motifs is 1. The Morgan fingerprint density at radius 2 is 1.46 bits per heavy atom. The van der Waals surface area contributed by atoms with Crippen LogP contribution in [0.3, 0.4) is 0 Å². The first-order valence-corrected chi connectivity index (χ1v) is 8.97. The van der Waals surface area contributed by atoms with E-state index in [1.54, 1.807) is 24.3 Å². The SMILES string of the molecule is O=C1c2ccccc2C(=O)N1CCNS(=O)(=O)c1ccc(Cl)cc1. The van der Waals surface area contributed by atoms with E-state index in [4.69, 9.17) is 11.6 Å². The monoisotopic (exact) mass is 364 g/mol. The third-order valence-corrected chi connectivity index (χ3v) is 5.36. The van der Waals surface area contributed by atoms with Gasteiger partial charge < -0.3 is 0 Å². The molecule has 0 saturated carbocycles. The van der Waals surface area contributed by atoms with Gasteiger partial charge in [-0.15, -0.1) is 0 Å². The lowest BCUT2D eigenvalue weighted by Crippen LogP contribution is -2.38. The average molecular weight is 365 g/mol. The Morgan fingerprint density at radius 3 is 2.00 bits per heavy atom. The first kappa shape index (κ1) is 16.6. The van der Waals surface area contributed by atoms with E-state index in [2.05, 4.69) is 4.72 Å². The van der Waals surface area contributed by atoms with Gasteiger partial charge in [-0.1, -0.05) is 23.7 Å². The minimum atomic E-state index is -3.73. The van der Waals surface area contributed by atoms with Crippen LogP contribution in [0.15, 0.2) is 53.4 Å². The molecule has 0 unspecified atom stereocenters. The fourth-order valence-electron chi connectivity index (χ4n) is 2.43. The maximum Gasteiger partial charge on any atom is 0.261 e. The Bertz CT molecular complexity index is 875. The van der Waals surface area contributed by atoms with Gasteiger partial charge in [-0.05, 0) is 36.4 Å². The van der Waals surface area contributed by atoms with Gasteiger partial charge in [0.05, 0.1) is 16.0 Å². The highest BCUT2D eigenvalue weighted by atomic mass is 35.5. The molecule has 0 saturated heterocycles. The Kier molecular flexibility index (Phi) is 4.40. The maximum absolute atomic E-state index is 12.2. The van der Waals surface area contributed by atoms with E-state index in [1.807, 2.05) is 0 Å². The van der Waals surface area contributed by atoms with Crippen molar-refractivity contribution in [1.82, 2.24) is 9.62 Å². The van der Waals surface area contributed by atoms with E-state index < -0.39 is 21.8 Å². The largest absolute Gasteiger partial charge is 0.273 e. The third kappa shape index (κ3) is 3.06. The van der Waals surface area contributed by atoms with Gasteiger partial charge in [0, 0.05) is 18.1 Å². The number of nitrogens with one attached hydrogen (secondary N) is 1. The van der Waals surface area contributed by atoms with Gasteiger partial charge in [-0.25, -0.2) is 13.1 Å². The molecule has 1 aliphatic rings. The topological polar surface area (TPSA) is 83.6 Å².